The lowest BCUT2D eigenvalue weighted by Crippen LogP contribution is -2.35. The van der Waals surface area contributed by atoms with Crippen LogP contribution in [-0.2, 0) is 10.0 Å². The first-order valence-electron chi connectivity index (χ1n) is 6.03. The molecule has 0 radical (unpaired) electrons. The van der Waals surface area contributed by atoms with Crippen molar-refractivity contribution < 1.29 is 23.4 Å². The maximum absolute atomic E-state index is 12.5. The Morgan fingerprint density at radius 2 is 2.05 bits per heavy atom. The van der Waals surface area contributed by atoms with Gasteiger partial charge in [0.2, 0.25) is 10.0 Å². The second-order valence-corrected chi connectivity index (χ2v) is 7.26. The van der Waals surface area contributed by atoms with E-state index in [2.05, 4.69) is 15.9 Å². The van der Waals surface area contributed by atoms with Gasteiger partial charge in [-0.25, -0.2) is 13.2 Å². The Hall–Kier alpha value is -0.960. The molecule has 1 aliphatic carbocycles. The molecule has 1 aliphatic rings. The van der Waals surface area contributed by atoms with E-state index in [4.69, 9.17) is 10.2 Å². The molecule has 1 fully saturated rings. The number of nitrogens with zero attached hydrogens (tertiary/aromatic N) is 1. The quantitative estimate of drug-likeness (QED) is 0.793. The van der Waals surface area contributed by atoms with Gasteiger partial charge in [-0.15, -0.1) is 0 Å². The third-order valence-electron chi connectivity index (χ3n) is 3.05. The minimum atomic E-state index is -3.78. The number of carboxylic acid groups (broad SMARTS) is 1. The Morgan fingerprint density at radius 1 is 1.40 bits per heavy atom. The number of aromatic carboxylic acids is 1. The fourth-order valence-corrected chi connectivity index (χ4v) is 4.04. The van der Waals surface area contributed by atoms with Gasteiger partial charge in [0.1, 0.15) is 0 Å². The van der Waals surface area contributed by atoms with Gasteiger partial charge >= 0.3 is 5.97 Å². The molecule has 6 nitrogen and oxygen atoms in total. The summed E-state index contributed by atoms with van der Waals surface area (Å²) in [6.07, 6.45) is 1.53. The van der Waals surface area contributed by atoms with E-state index in [1.54, 1.807) is 0 Å². The minimum Gasteiger partial charge on any atom is -0.478 e. The van der Waals surface area contributed by atoms with Crippen LogP contribution < -0.4 is 0 Å². The van der Waals surface area contributed by atoms with Gasteiger partial charge in [0.15, 0.2) is 0 Å². The SMILES string of the molecule is O=C(O)c1cc(S(=O)(=O)N(CCO)C2CC2)ccc1Br. The summed E-state index contributed by atoms with van der Waals surface area (Å²) < 4.78 is 26.6. The van der Waals surface area contributed by atoms with Crippen molar-refractivity contribution in [2.24, 2.45) is 0 Å². The fourth-order valence-electron chi connectivity index (χ4n) is 1.92. The normalized spacial score (nSPS) is 15.6. The Morgan fingerprint density at radius 3 is 2.55 bits per heavy atom. The van der Waals surface area contributed by atoms with Crippen molar-refractivity contribution in [2.45, 2.75) is 23.8 Å². The number of hydrogen-bond donors (Lipinski definition) is 2. The predicted molar refractivity (Wildman–Crippen MR) is 75.1 cm³/mol. The topological polar surface area (TPSA) is 94.9 Å². The number of aliphatic hydroxyl groups excluding tert-OH is 1. The summed E-state index contributed by atoms with van der Waals surface area (Å²) in [4.78, 5) is 11.0. The summed E-state index contributed by atoms with van der Waals surface area (Å²) in [6, 6.07) is 3.80. The average molecular weight is 364 g/mol. The van der Waals surface area contributed by atoms with Crippen molar-refractivity contribution in [1.29, 1.82) is 0 Å². The van der Waals surface area contributed by atoms with Crippen LogP contribution in [0.2, 0.25) is 0 Å². The summed E-state index contributed by atoms with van der Waals surface area (Å²) in [6.45, 7) is -0.247. The van der Waals surface area contributed by atoms with E-state index in [0.717, 1.165) is 18.9 Å². The Balaban J connectivity index is 2.42. The van der Waals surface area contributed by atoms with Gasteiger partial charge in [0, 0.05) is 17.1 Å². The summed E-state index contributed by atoms with van der Waals surface area (Å²) in [5.41, 5.74) is -0.106. The molecule has 20 heavy (non-hydrogen) atoms. The van der Waals surface area contributed by atoms with Gasteiger partial charge in [-0.3, -0.25) is 0 Å². The summed E-state index contributed by atoms with van der Waals surface area (Å²) in [5, 5.41) is 18.0. The van der Waals surface area contributed by atoms with Crippen molar-refractivity contribution in [3.05, 3.63) is 28.2 Å². The minimum absolute atomic E-state index is 0.0193. The fraction of sp³-hybridized carbons (Fsp3) is 0.417. The van der Waals surface area contributed by atoms with Gasteiger partial charge < -0.3 is 10.2 Å². The van der Waals surface area contributed by atoms with E-state index in [9.17, 15) is 13.2 Å². The highest BCUT2D eigenvalue weighted by molar-refractivity contribution is 9.10. The average Bonchev–Trinajstić information content (AvgIpc) is 3.19. The van der Waals surface area contributed by atoms with Crippen LogP contribution in [0.4, 0.5) is 0 Å². The highest BCUT2D eigenvalue weighted by Crippen LogP contribution is 2.32. The molecule has 1 aromatic carbocycles. The van der Waals surface area contributed by atoms with Crippen LogP contribution in [-0.4, -0.2) is 48.1 Å². The number of carboxylic acids is 1. The van der Waals surface area contributed by atoms with Crippen molar-refractivity contribution in [3.63, 3.8) is 0 Å². The molecular weight excluding hydrogens is 350 g/mol. The summed E-state index contributed by atoms with van der Waals surface area (Å²) in [5.74, 6) is -1.20. The molecule has 1 saturated carbocycles. The van der Waals surface area contributed by atoms with E-state index in [0.29, 0.717) is 4.47 Å². The van der Waals surface area contributed by atoms with Gasteiger partial charge in [0.05, 0.1) is 17.1 Å². The van der Waals surface area contributed by atoms with Crippen molar-refractivity contribution >= 4 is 31.9 Å². The second kappa shape index (κ2) is 5.80. The number of rotatable bonds is 6. The molecule has 1 aromatic rings. The first-order chi connectivity index (χ1) is 9.37. The highest BCUT2D eigenvalue weighted by atomic mass is 79.9. The van der Waals surface area contributed by atoms with E-state index in [1.807, 2.05) is 0 Å². The molecule has 110 valence electrons. The van der Waals surface area contributed by atoms with Crippen LogP contribution in [0.3, 0.4) is 0 Å². The second-order valence-electron chi connectivity index (χ2n) is 4.52. The van der Waals surface area contributed by atoms with E-state index in [1.165, 1.54) is 16.4 Å². The third kappa shape index (κ3) is 3.03. The third-order valence-corrected chi connectivity index (χ3v) is 5.69. The molecule has 2 rings (SSSR count). The number of benzene rings is 1. The molecule has 0 saturated heterocycles. The van der Waals surface area contributed by atoms with Crippen LogP contribution in [0.5, 0.6) is 0 Å². The van der Waals surface area contributed by atoms with Crippen LogP contribution in [0, 0.1) is 0 Å². The molecule has 0 bridgehead atoms. The van der Waals surface area contributed by atoms with Crippen molar-refractivity contribution in [1.82, 2.24) is 4.31 Å². The lowest BCUT2D eigenvalue weighted by atomic mass is 10.2. The van der Waals surface area contributed by atoms with E-state index >= 15 is 0 Å². The number of halogens is 1. The zero-order valence-electron chi connectivity index (χ0n) is 10.5. The van der Waals surface area contributed by atoms with Crippen molar-refractivity contribution in [2.75, 3.05) is 13.2 Å². The molecule has 0 spiro atoms. The first kappa shape index (κ1) is 15.4. The Labute approximate surface area is 125 Å². The smallest absolute Gasteiger partial charge is 0.336 e. The molecular formula is C12H14BrNO5S. The molecule has 0 amide bonds. The molecule has 0 aromatic heterocycles. The predicted octanol–water partition coefficient (Wildman–Crippen LogP) is 1.29. The molecule has 0 atom stereocenters. The van der Waals surface area contributed by atoms with Gasteiger partial charge in [-0.1, -0.05) is 0 Å². The maximum atomic E-state index is 12.5. The summed E-state index contributed by atoms with van der Waals surface area (Å²) in [7, 11) is -3.78. The van der Waals surface area contributed by atoms with Crippen molar-refractivity contribution in [3.8, 4) is 0 Å². The van der Waals surface area contributed by atoms with Crippen LogP contribution in [0.1, 0.15) is 23.2 Å². The largest absolute Gasteiger partial charge is 0.478 e. The zero-order valence-corrected chi connectivity index (χ0v) is 12.9. The Kier molecular flexibility index (Phi) is 4.48. The maximum Gasteiger partial charge on any atom is 0.336 e. The monoisotopic (exact) mass is 363 g/mol. The molecule has 0 heterocycles. The number of carbonyl (C=O) groups is 1. The van der Waals surface area contributed by atoms with E-state index < -0.39 is 16.0 Å². The number of aliphatic hydroxyl groups is 1. The Bertz CT molecular complexity index is 627. The van der Waals surface area contributed by atoms with E-state index in [-0.39, 0.29) is 29.7 Å². The van der Waals surface area contributed by atoms with Gasteiger partial charge in [-0.05, 0) is 47.0 Å². The summed E-state index contributed by atoms with van der Waals surface area (Å²) >= 11 is 3.08. The lowest BCUT2D eigenvalue weighted by Gasteiger charge is -2.21. The van der Waals surface area contributed by atoms with Gasteiger partial charge in [-0.2, -0.15) is 4.31 Å². The lowest BCUT2D eigenvalue weighted by molar-refractivity contribution is 0.0695. The van der Waals surface area contributed by atoms with Gasteiger partial charge in [0.25, 0.3) is 0 Å². The standard InChI is InChI=1S/C12H14BrNO5S/c13-11-4-3-9(7-10(11)12(16)17)20(18,19)14(5-6-15)8-1-2-8/h3-4,7-8,15H,1-2,5-6H2,(H,16,17). The molecule has 0 aliphatic heterocycles. The highest BCUT2D eigenvalue weighted by Gasteiger charge is 2.37. The molecule has 2 N–H and O–H groups in total. The number of sulfonamides is 1. The zero-order chi connectivity index (χ0) is 14.9. The van der Waals surface area contributed by atoms with Crippen LogP contribution >= 0.6 is 15.9 Å². The first-order valence-corrected chi connectivity index (χ1v) is 8.26. The molecule has 0 unspecified atom stereocenters. The van der Waals surface area contributed by atoms with Crippen LogP contribution in [0.25, 0.3) is 0 Å². The molecule has 8 heteroatoms. The number of hydrogen-bond acceptors (Lipinski definition) is 4. The van der Waals surface area contributed by atoms with Crippen LogP contribution in [0.15, 0.2) is 27.6 Å².